The number of hydrogen-bond acceptors (Lipinski definition) is 6. The molecule has 0 bridgehead atoms. The normalized spacial score (nSPS) is 16.8. The van der Waals surface area contributed by atoms with E-state index in [0.717, 1.165) is 32.2 Å². The molecule has 116 valence electrons. The summed E-state index contributed by atoms with van der Waals surface area (Å²) in [6.07, 6.45) is 8.70. The monoisotopic (exact) mass is 286 g/mol. The van der Waals surface area contributed by atoms with Gasteiger partial charge in [-0.1, -0.05) is 19.3 Å². The van der Waals surface area contributed by atoms with E-state index >= 15 is 0 Å². The Morgan fingerprint density at radius 2 is 1.70 bits per heavy atom. The van der Waals surface area contributed by atoms with Gasteiger partial charge in [0, 0.05) is 6.04 Å². The lowest BCUT2D eigenvalue weighted by atomic mass is 9.83. The van der Waals surface area contributed by atoms with E-state index in [1.165, 1.54) is 32.4 Å². The van der Waals surface area contributed by atoms with Crippen LogP contribution in [-0.4, -0.2) is 53.9 Å². The lowest BCUT2D eigenvalue weighted by Crippen LogP contribution is -2.34. The second-order valence-corrected chi connectivity index (χ2v) is 5.30. The molecule has 0 unspecified atom stereocenters. The van der Waals surface area contributed by atoms with Crippen molar-refractivity contribution in [3.8, 4) is 0 Å². The molecule has 1 heterocycles. The number of likely N-dealkylation sites (tertiary alicyclic amines) is 1. The van der Waals surface area contributed by atoms with E-state index in [1.54, 1.807) is 0 Å². The van der Waals surface area contributed by atoms with Gasteiger partial charge in [-0.05, 0) is 51.6 Å². The van der Waals surface area contributed by atoms with Crippen LogP contribution in [0.15, 0.2) is 0 Å². The Hall–Kier alpha value is -0.715. The molecule has 1 aliphatic rings. The summed E-state index contributed by atoms with van der Waals surface area (Å²) >= 11 is 0. The molecule has 0 amide bonds. The summed E-state index contributed by atoms with van der Waals surface area (Å²) < 4.78 is 0. The van der Waals surface area contributed by atoms with E-state index in [-0.39, 0.29) is 12.2 Å². The van der Waals surface area contributed by atoms with Crippen LogP contribution in [0.25, 0.3) is 0 Å². The lowest BCUT2D eigenvalue weighted by molar-refractivity contribution is -0.191. The molecule has 20 heavy (non-hydrogen) atoms. The number of piperidine rings is 1. The van der Waals surface area contributed by atoms with E-state index in [1.807, 2.05) is 0 Å². The van der Waals surface area contributed by atoms with Gasteiger partial charge in [0.2, 0.25) is 0 Å². The van der Waals surface area contributed by atoms with Crippen molar-refractivity contribution in [1.82, 2.24) is 4.90 Å². The van der Waals surface area contributed by atoms with Gasteiger partial charge in [0.05, 0.1) is 0 Å². The highest BCUT2D eigenvalue weighted by Gasteiger charge is 2.12. The van der Waals surface area contributed by atoms with Crippen LogP contribution < -0.4 is 5.73 Å². The van der Waals surface area contributed by atoms with Gasteiger partial charge in [0.1, 0.15) is 0 Å². The second kappa shape index (κ2) is 13.3. The topological polar surface area (TPSA) is 104 Å². The maximum atomic E-state index is 8.71. The van der Waals surface area contributed by atoms with Crippen LogP contribution in [0.5, 0.6) is 0 Å². The Kier molecular flexibility index (Phi) is 12.8. The van der Waals surface area contributed by atoms with Crippen LogP contribution in [-0.2, 0) is 9.59 Å². The van der Waals surface area contributed by atoms with Crippen LogP contribution in [0.3, 0.4) is 0 Å². The minimum atomic E-state index is -1.15. The third-order valence-electron chi connectivity index (χ3n) is 3.55. The SMILES string of the molecule is N[C@H](CCCCB(O)O)CCN1CCCCC1.O=C=O. The predicted molar refractivity (Wildman–Crippen MR) is 76.7 cm³/mol. The first-order valence-corrected chi connectivity index (χ1v) is 7.43. The molecule has 1 fully saturated rings. The van der Waals surface area contributed by atoms with Crippen LogP contribution in [0, 0.1) is 0 Å². The molecule has 4 N–H and O–H groups in total. The van der Waals surface area contributed by atoms with Gasteiger partial charge in [0.25, 0.3) is 0 Å². The first-order chi connectivity index (χ1) is 9.60. The minimum Gasteiger partial charge on any atom is -0.427 e. The van der Waals surface area contributed by atoms with E-state index in [9.17, 15) is 0 Å². The maximum absolute atomic E-state index is 8.71. The highest BCUT2D eigenvalue weighted by molar-refractivity contribution is 6.40. The Balaban J connectivity index is 0.00000110. The quantitative estimate of drug-likeness (QED) is 0.436. The predicted octanol–water partition coefficient (Wildman–Crippen LogP) is 0.249. The molecule has 0 aromatic rings. The standard InChI is InChI=1S/C12H27BN2O2.CO2/c14-12(6-2-3-8-13(16)17)7-11-15-9-4-1-5-10-15;2-1-3/h12,16-17H,1-11,14H2;/t12-;/m1./s1. The number of rotatable bonds is 8. The van der Waals surface area contributed by atoms with Crippen molar-refractivity contribution in [2.75, 3.05) is 19.6 Å². The molecule has 1 rings (SSSR count). The fourth-order valence-corrected chi connectivity index (χ4v) is 2.41. The number of nitrogens with zero attached hydrogens (tertiary/aromatic N) is 1. The van der Waals surface area contributed by atoms with Crippen LogP contribution in [0.1, 0.15) is 44.9 Å². The third-order valence-corrected chi connectivity index (χ3v) is 3.55. The van der Waals surface area contributed by atoms with Crippen molar-refractivity contribution >= 4 is 13.3 Å². The minimum absolute atomic E-state index is 0.250. The summed E-state index contributed by atoms with van der Waals surface area (Å²) in [5, 5.41) is 17.4. The largest absolute Gasteiger partial charge is 0.451 e. The Labute approximate surface area is 121 Å². The molecular formula is C13H27BN2O4. The molecule has 0 aromatic carbocycles. The number of carbonyl (C=O) groups excluding carboxylic acids is 2. The first kappa shape index (κ1) is 19.3. The number of unbranched alkanes of at least 4 members (excludes halogenated alkanes) is 1. The molecule has 1 aliphatic heterocycles. The van der Waals surface area contributed by atoms with Gasteiger partial charge in [-0.15, -0.1) is 0 Å². The van der Waals surface area contributed by atoms with Crippen molar-refractivity contribution in [2.45, 2.75) is 57.3 Å². The number of nitrogens with two attached hydrogens (primary N) is 1. The zero-order valence-corrected chi connectivity index (χ0v) is 12.2. The third kappa shape index (κ3) is 12.3. The molecule has 1 saturated heterocycles. The van der Waals surface area contributed by atoms with Gasteiger partial charge in [-0.2, -0.15) is 9.59 Å². The molecule has 0 aromatic heterocycles. The van der Waals surface area contributed by atoms with Crippen LogP contribution in [0.4, 0.5) is 0 Å². The average molecular weight is 286 g/mol. The summed E-state index contributed by atoms with van der Waals surface area (Å²) in [4.78, 5) is 18.8. The Morgan fingerprint density at radius 3 is 2.25 bits per heavy atom. The van der Waals surface area contributed by atoms with Crippen LogP contribution in [0.2, 0.25) is 6.32 Å². The maximum Gasteiger partial charge on any atom is 0.451 e. The van der Waals surface area contributed by atoms with E-state index in [2.05, 4.69) is 4.90 Å². The summed E-state index contributed by atoms with van der Waals surface area (Å²) in [7, 11) is -1.15. The molecular weight excluding hydrogens is 259 g/mol. The van der Waals surface area contributed by atoms with Crippen molar-refractivity contribution in [1.29, 1.82) is 0 Å². The second-order valence-electron chi connectivity index (χ2n) is 5.30. The first-order valence-electron chi connectivity index (χ1n) is 7.43. The van der Waals surface area contributed by atoms with Crippen molar-refractivity contribution in [3.63, 3.8) is 0 Å². The summed E-state index contributed by atoms with van der Waals surface area (Å²) in [5.41, 5.74) is 6.06. The molecule has 0 radical (unpaired) electrons. The zero-order chi connectivity index (χ0) is 15.2. The molecule has 0 saturated carbocycles. The van der Waals surface area contributed by atoms with Crippen LogP contribution >= 0.6 is 0 Å². The molecule has 0 aliphatic carbocycles. The smallest absolute Gasteiger partial charge is 0.427 e. The van der Waals surface area contributed by atoms with Gasteiger partial charge in [-0.3, -0.25) is 0 Å². The Morgan fingerprint density at radius 1 is 1.10 bits per heavy atom. The van der Waals surface area contributed by atoms with Gasteiger partial charge < -0.3 is 20.7 Å². The molecule has 7 heteroatoms. The van der Waals surface area contributed by atoms with Crippen molar-refractivity contribution < 1.29 is 19.6 Å². The number of hydrogen-bond donors (Lipinski definition) is 3. The highest BCUT2D eigenvalue weighted by Crippen LogP contribution is 2.11. The molecule has 1 atom stereocenters. The van der Waals surface area contributed by atoms with E-state index in [0.29, 0.717) is 6.32 Å². The van der Waals surface area contributed by atoms with E-state index < -0.39 is 7.12 Å². The van der Waals surface area contributed by atoms with Crippen molar-refractivity contribution in [2.24, 2.45) is 5.73 Å². The fourth-order valence-electron chi connectivity index (χ4n) is 2.41. The van der Waals surface area contributed by atoms with Gasteiger partial charge in [-0.25, -0.2) is 0 Å². The molecule has 0 spiro atoms. The average Bonchev–Trinajstić information content (AvgIpc) is 2.43. The Bertz CT molecular complexity index is 255. The summed E-state index contributed by atoms with van der Waals surface area (Å²) in [6, 6.07) is 0.271. The fraction of sp³-hybridized carbons (Fsp3) is 0.923. The lowest BCUT2D eigenvalue weighted by Gasteiger charge is -2.27. The summed E-state index contributed by atoms with van der Waals surface area (Å²) in [6.45, 7) is 3.61. The highest BCUT2D eigenvalue weighted by atomic mass is 16.4. The van der Waals surface area contributed by atoms with Gasteiger partial charge >= 0.3 is 13.3 Å². The summed E-state index contributed by atoms with van der Waals surface area (Å²) in [5.74, 6) is 0. The molecule has 6 nitrogen and oxygen atoms in total. The van der Waals surface area contributed by atoms with Gasteiger partial charge in [0.15, 0.2) is 0 Å². The van der Waals surface area contributed by atoms with Crippen molar-refractivity contribution in [3.05, 3.63) is 0 Å². The van der Waals surface area contributed by atoms with E-state index in [4.69, 9.17) is 25.4 Å². The zero-order valence-electron chi connectivity index (χ0n) is 12.2.